The van der Waals surface area contributed by atoms with Crippen LogP contribution in [0.1, 0.15) is 19.3 Å². The summed E-state index contributed by atoms with van der Waals surface area (Å²) in [5.41, 5.74) is 17.8. The number of hydrogen-bond donors (Lipinski definition) is 5. The van der Waals surface area contributed by atoms with Crippen LogP contribution in [-0.2, 0) is 14.4 Å². The third-order valence-electron chi connectivity index (χ3n) is 3.98. The second-order valence-corrected chi connectivity index (χ2v) is 6.20. The van der Waals surface area contributed by atoms with Gasteiger partial charge in [0.05, 0.1) is 6.04 Å². The van der Waals surface area contributed by atoms with Crippen molar-refractivity contribution in [3.8, 4) is 0 Å². The van der Waals surface area contributed by atoms with Gasteiger partial charge in [-0.25, -0.2) is 15.1 Å². The Labute approximate surface area is 161 Å². The Balaban J connectivity index is 2.64. The Kier molecular flexibility index (Phi) is 8.11. The number of nitrogens with one attached hydrogen (secondary N) is 2. The number of amides is 3. The zero-order valence-corrected chi connectivity index (χ0v) is 15.0. The van der Waals surface area contributed by atoms with Gasteiger partial charge in [0, 0.05) is 19.1 Å². The van der Waals surface area contributed by atoms with Gasteiger partial charge in [0.25, 0.3) is 5.96 Å². The predicted octanol–water partition coefficient (Wildman–Crippen LogP) is -2.68. The lowest BCUT2D eigenvalue weighted by molar-refractivity contribution is -0.525. The number of nitrogens with zero attached hydrogens (tertiary/aromatic N) is 3. The van der Waals surface area contributed by atoms with Crippen LogP contribution in [0.3, 0.4) is 0 Å². The van der Waals surface area contributed by atoms with Gasteiger partial charge >= 0.3 is 12.1 Å². The molecule has 13 nitrogen and oxygen atoms in total. The standard InChI is InChI=1S/C13H21F3N8O5/c14-13(15,16)11(27)21-6-4-8(9(18)25)23(5-6)10(26)7(17)2-1-3-20-12(19)22-24(28)29/h6-8H,1-5,17H2,(H2,18,25)(H,21,27)(H3,19,20,22)/t6-,7-,8-/m1/s1. The zero-order chi connectivity index (χ0) is 22.4. The highest BCUT2D eigenvalue weighted by Crippen LogP contribution is 2.22. The highest BCUT2D eigenvalue weighted by Gasteiger charge is 2.44. The van der Waals surface area contributed by atoms with E-state index in [1.807, 2.05) is 0 Å². The van der Waals surface area contributed by atoms with Gasteiger partial charge in [-0.2, -0.15) is 13.2 Å². The topological polar surface area (TPSA) is 212 Å². The highest BCUT2D eigenvalue weighted by molar-refractivity contribution is 5.90. The molecule has 164 valence electrons. The molecule has 1 heterocycles. The van der Waals surface area contributed by atoms with E-state index >= 15 is 0 Å². The molecule has 29 heavy (non-hydrogen) atoms. The number of rotatable bonds is 8. The quantitative estimate of drug-likeness (QED) is 0.0905. The summed E-state index contributed by atoms with van der Waals surface area (Å²) in [5.74, 6) is -4.31. The van der Waals surface area contributed by atoms with Gasteiger partial charge in [-0.05, 0) is 19.3 Å². The number of primary amides is 1. The summed E-state index contributed by atoms with van der Waals surface area (Å²) < 4.78 is 37.1. The van der Waals surface area contributed by atoms with Gasteiger partial charge < -0.3 is 27.4 Å². The highest BCUT2D eigenvalue weighted by atomic mass is 19.4. The fourth-order valence-electron chi connectivity index (χ4n) is 2.70. The number of carbonyl (C=O) groups excluding carboxylic acids is 3. The summed E-state index contributed by atoms with van der Waals surface area (Å²) in [5, 5.41) is 11.0. The molecule has 1 fully saturated rings. The summed E-state index contributed by atoms with van der Waals surface area (Å²) in [6, 6.07) is -3.46. The van der Waals surface area contributed by atoms with Crippen LogP contribution < -0.4 is 27.9 Å². The maximum Gasteiger partial charge on any atom is 0.471 e. The van der Waals surface area contributed by atoms with E-state index in [2.05, 4.69) is 4.99 Å². The third kappa shape index (κ3) is 7.40. The number of guanidine groups is 1. The Morgan fingerprint density at radius 2 is 1.93 bits per heavy atom. The maximum atomic E-state index is 12.5. The molecule has 0 radical (unpaired) electrons. The van der Waals surface area contributed by atoms with Gasteiger partial charge in [-0.15, -0.1) is 0 Å². The molecule has 0 aliphatic carbocycles. The number of aliphatic imine (C=N–C) groups is 1. The van der Waals surface area contributed by atoms with Gasteiger partial charge in [-0.1, -0.05) is 5.43 Å². The first-order chi connectivity index (χ1) is 13.3. The molecule has 1 rings (SSSR count). The molecule has 1 aliphatic rings. The van der Waals surface area contributed by atoms with Crippen LogP contribution in [0.2, 0.25) is 0 Å². The van der Waals surface area contributed by atoms with Crippen LogP contribution in [0, 0.1) is 10.1 Å². The van der Waals surface area contributed by atoms with Crippen molar-refractivity contribution in [2.45, 2.75) is 43.6 Å². The van der Waals surface area contributed by atoms with Crippen LogP contribution in [0.5, 0.6) is 0 Å². The minimum Gasteiger partial charge on any atom is -0.368 e. The Hall–Kier alpha value is -3.17. The number of halogens is 3. The molecule has 3 amide bonds. The molecule has 0 saturated carbocycles. The number of hydrazine groups is 1. The van der Waals surface area contributed by atoms with Crippen molar-refractivity contribution in [2.24, 2.45) is 22.2 Å². The molecule has 0 aromatic rings. The normalized spacial score (nSPS) is 20.8. The lowest BCUT2D eigenvalue weighted by Gasteiger charge is -2.25. The lowest BCUT2D eigenvalue weighted by atomic mass is 10.1. The average molecular weight is 426 g/mol. The molecule has 3 atom stereocenters. The number of likely N-dealkylation sites (tertiary alicyclic amines) is 1. The number of nitro groups is 1. The van der Waals surface area contributed by atoms with Crippen LogP contribution in [-0.4, -0.2) is 71.0 Å². The summed E-state index contributed by atoms with van der Waals surface area (Å²) in [6.45, 7) is -0.350. The molecular formula is C13H21F3N8O5. The molecule has 8 N–H and O–H groups in total. The van der Waals surface area contributed by atoms with Crippen molar-refractivity contribution in [1.82, 2.24) is 15.6 Å². The Bertz CT molecular complexity index is 686. The second-order valence-electron chi connectivity index (χ2n) is 6.20. The van der Waals surface area contributed by atoms with Crippen molar-refractivity contribution < 1.29 is 32.6 Å². The van der Waals surface area contributed by atoms with Crippen LogP contribution >= 0.6 is 0 Å². The summed E-state index contributed by atoms with van der Waals surface area (Å²) in [6.07, 6.45) is -5.13. The van der Waals surface area contributed by atoms with Crippen molar-refractivity contribution in [3.63, 3.8) is 0 Å². The zero-order valence-electron chi connectivity index (χ0n) is 15.0. The molecule has 0 bridgehead atoms. The van der Waals surface area contributed by atoms with E-state index < -0.39 is 53.0 Å². The van der Waals surface area contributed by atoms with Crippen LogP contribution in [0.25, 0.3) is 0 Å². The first kappa shape index (κ1) is 23.9. The molecule has 1 aliphatic heterocycles. The molecule has 0 aromatic carbocycles. The fourth-order valence-corrected chi connectivity index (χ4v) is 2.70. The SMILES string of the molecule is NC(=O)[C@H]1C[C@@H](NC(=O)C(F)(F)F)CN1C(=O)[C@H](N)CCCN=C(N)N[N+](=O)[O-]. The van der Waals surface area contributed by atoms with E-state index in [1.165, 1.54) is 0 Å². The van der Waals surface area contributed by atoms with E-state index in [9.17, 15) is 37.7 Å². The molecule has 1 saturated heterocycles. The van der Waals surface area contributed by atoms with Crippen molar-refractivity contribution in [2.75, 3.05) is 13.1 Å². The summed E-state index contributed by atoms with van der Waals surface area (Å²) in [7, 11) is 0. The third-order valence-corrected chi connectivity index (χ3v) is 3.98. The first-order valence-corrected chi connectivity index (χ1v) is 8.27. The molecule has 0 spiro atoms. The lowest BCUT2D eigenvalue weighted by Crippen LogP contribution is -2.50. The number of alkyl halides is 3. The Morgan fingerprint density at radius 3 is 2.45 bits per heavy atom. The molecule has 0 aromatic heterocycles. The summed E-state index contributed by atoms with van der Waals surface area (Å²) in [4.78, 5) is 49.8. The minimum atomic E-state index is -5.11. The van der Waals surface area contributed by atoms with Crippen LogP contribution in [0.4, 0.5) is 13.2 Å². The number of hydrogen-bond acceptors (Lipinski definition) is 7. The largest absolute Gasteiger partial charge is 0.471 e. The smallest absolute Gasteiger partial charge is 0.368 e. The van der Waals surface area contributed by atoms with E-state index in [1.54, 1.807) is 10.7 Å². The number of nitrogens with two attached hydrogens (primary N) is 3. The summed E-state index contributed by atoms with van der Waals surface area (Å²) >= 11 is 0. The van der Waals surface area contributed by atoms with Crippen molar-refractivity contribution >= 4 is 23.7 Å². The molecular weight excluding hydrogens is 405 g/mol. The number of carbonyl (C=O) groups is 3. The second kappa shape index (κ2) is 9.85. The van der Waals surface area contributed by atoms with Gasteiger partial charge in [0.1, 0.15) is 6.04 Å². The van der Waals surface area contributed by atoms with Gasteiger partial charge in [0.2, 0.25) is 11.8 Å². The molecule has 16 heteroatoms. The van der Waals surface area contributed by atoms with E-state index in [-0.39, 0.29) is 32.4 Å². The Morgan fingerprint density at radius 1 is 1.31 bits per heavy atom. The van der Waals surface area contributed by atoms with E-state index in [4.69, 9.17) is 17.2 Å². The van der Waals surface area contributed by atoms with E-state index in [0.29, 0.717) is 0 Å². The minimum absolute atomic E-state index is 0.0111. The average Bonchev–Trinajstić information content (AvgIpc) is 3.00. The monoisotopic (exact) mass is 426 g/mol. The molecule has 0 unspecified atom stereocenters. The maximum absolute atomic E-state index is 12.5. The van der Waals surface area contributed by atoms with Gasteiger partial charge in [0.15, 0.2) is 5.03 Å². The van der Waals surface area contributed by atoms with Crippen molar-refractivity contribution in [3.05, 3.63) is 10.1 Å². The fraction of sp³-hybridized carbons (Fsp3) is 0.692. The van der Waals surface area contributed by atoms with E-state index in [0.717, 1.165) is 4.90 Å². The van der Waals surface area contributed by atoms with Gasteiger partial charge in [-0.3, -0.25) is 14.4 Å². The van der Waals surface area contributed by atoms with Crippen LogP contribution in [0.15, 0.2) is 4.99 Å². The predicted molar refractivity (Wildman–Crippen MR) is 91.1 cm³/mol. The van der Waals surface area contributed by atoms with Crippen molar-refractivity contribution in [1.29, 1.82) is 0 Å². The first-order valence-electron chi connectivity index (χ1n) is 8.27.